The van der Waals surface area contributed by atoms with Crippen molar-refractivity contribution >= 4 is 10.0 Å². The third-order valence-corrected chi connectivity index (χ3v) is 4.30. The van der Waals surface area contributed by atoms with E-state index in [2.05, 4.69) is 10.2 Å². The Kier molecular flexibility index (Phi) is 4.41. The lowest BCUT2D eigenvalue weighted by Gasteiger charge is -2.25. The van der Waals surface area contributed by atoms with E-state index in [9.17, 15) is 8.42 Å². The monoisotopic (exact) mass is 261 g/mol. The fourth-order valence-electron chi connectivity index (χ4n) is 2.40. The lowest BCUT2D eigenvalue weighted by Crippen LogP contribution is -2.41. The van der Waals surface area contributed by atoms with E-state index in [4.69, 9.17) is 5.14 Å². The average Bonchev–Trinajstić information content (AvgIpc) is 2.89. The van der Waals surface area contributed by atoms with Crippen LogP contribution >= 0.6 is 0 Å². The van der Waals surface area contributed by atoms with Crippen molar-refractivity contribution in [2.24, 2.45) is 11.1 Å². The first-order valence-corrected chi connectivity index (χ1v) is 8.21. The Morgan fingerprint density at radius 2 is 2.00 bits per heavy atom. The third-order valence-electron chi connectivity index (χ3n) is 3.55. The lowest BCUT2D eigenvalue weighted by molar-refractivity contribution is 0.252. The summed E-state index contributed by atoms with van der Waals surface area (Å²) in [4.78, 5) is 2.27. The predicted molar refractivity (Wildman–Crippen MR) is 68.2 cm³/mol. The number of nitrogens with one attached hydrogen (secondary N) is 1. The highest BCUT2D eigenvalue weighted by atomic mass is 32.2. The molecule has 1 unspecified atom stereocenters. The quantitative estimate of drug-likeness (QED) is 0.662. The van der Waals surface area contributed by atoms with Gasteiger partial charge in [0.15, 0.2) is 0 Å². The summed E-state index contributed by atoms with van der Waals surface area (Å²) in [6, 6.07) is 0.536. The second-order valence-electron chi connectivity index (χ2n) is 5.36. The van der Waals surface area contributed by atoms with Crippen LogP contribution in [0.5, 0.6) is 0 Å². The number of rotatable bonds is 7. The van der Waals surface area contributed by atoms with Gasteiger partial charge < -0.3 is 10.2 Å². The molecule has 100 valence electrons. The maximum atomic E-state index is 11.0. The van der Waals surface area contributed by atoms with Crippen LogP contribution in [0.2, 0.25) is 0 Å². The molecule has 0 amide bonds. The van der Waals surface area contributed by atoms with Gasteiger partial charge in [-0.25, -0.2) is 13.6 Å². The highest BCUT2D eigenvalue weighted by Crippen LogP contribution is 2.29. The molecule has 1 atom stereocenters. The molecule has 5 nitrogen and oxygen atoms in total. The molecule has 2 aliphatic rings. The zero-order chi connectivity index (χ0) is 12.3. The maximum Gasteiger partial charge on any atom is 0.210 e. The van der Waals surface area contributed by atoms with Crippen LogP contribution in [0.1, 0.15) is 25.7 Å². The molecular formula is C11H23N3O2S. The number of primary sulfonamides is 1. The number of sulfonamides is 1. The fraction of sp³-hybridized carbons (Fsp3) is 1.00. The minimum Gasteiger partial charge on any atom is -0.313 e. The molecule has 6 heteroatoms. The number of nitrogens with two attached hydrogens (primary N) is 1. The van der Waals surface area contributed by atoms with Crippen molar-refractivity contribution < 1.29 is 8.42 Å². The summed E-state index contributed by atoms with van der Waals surface area (Å²) >= 11 is 0. The molecule has 1 aliphatic heterocycles. The van der Waals surface area contributed by atoms with Crippen LogP contribution in [0.3, 0.4) is 0 Å². The molecule has 1 saturated carbocycles. The first-order chi connectivity index (χ1) is 8.03. The topological polar surface area (TPSA) is 75.4 Å². The normalized spacial score (nSPS) is 25.6. The Hall–Kier alpha value is -0.170. The van der Waals surface area contributed by atoms with Crippen LogP contribution in [-0.4, -0.2) is 51.3 Å². The van der Waals surface area contributed by atoms with Crippen LogP contribution in [0, 0.1) is 5.92 Å². The van der Waals surface area contributed by atoms with Crippen molar-refractivity contribution in [1.82, 2.24) is 10.2 Å². The summed E-state index contributed by atoms with van der Waals surface area (Å²) in [5, 5.41) is 8.52. The standard InChI is InChI=1S/C11H23N3O2S/c12-17(15,16)7-6-14(8-10-3-4-10)9-11-2-1-5-13-11/h10-11,13H,1-9H2,(H2,12,15,16). The van der Waals surface area contributed by atoms with Gasteiger partial charge in [0.25, 0.3) is 0 Å². The van der Waals surface area contributed by atoms with Crippen molar-refractivity contribution in [3.8, 4) is 0 Å². The molecule has 0 spiro atoms. The van der Waals surface area contributed by atoms with Gasteiger partial charge in [-0.1, -0.05) is 0 Å². The molecule has 0 aromatic heterocycles. The smallest absolute Gasteiger partial charge is 0.210 e. The van der Waals surface area contributed by atoms with Gasteiger partial charge in [0.2, 0.25) is 10.0 Å². The average molecular weight is 261 g/mol. The second-order valence-corrected chi connectivity index (χ2v) is 7.10. The van der Waals surface area contributed by atoms with Crippen LogP contribution in [0.15, 0.2) is 0 Å². The SMILES string of the molecule is NS(=O)(=O)CCN(CC1CC1)CC1CCCN1. The second kappa shape index (κ2) is 5.65. The van der Waals surface area contributed by atoms with E-state index in [0.29, 0.717) is 12.6 Å². The molecule has 0 bridgehead atoms. The van der Waals surface area contributed by atoms with Gasteiger partial charge in [0, 0.05) is 25.7 Å². The first kappa shape index (κ1) is 13.3. The van der Waals surface area contributed by atoms with Crippen molar-refractivity contribution in [2.75, 3.05) is 31.9 Å². The van der Waals surface area contributed by atoms with E-state index in [1.807, 2.05) is 0 Å². The summed E-state index contributed by atoms with van der Waals surface area (Å²) in [7, 11) is -3.33. The Morgan fingerprint density at radius 1 is 1.24 bits per heavy atom. The van der Waals surface area contributed by atoms with Crippen molar-refractivity contribution in [2.45, 2.75) is 31.7 Å². The Morgan fingerprint density at radius 3 is 2.53 bits per heavy atom. The van der Waals surface area contributed by atoms with Crippen molar-refractivity contribution in [3.63, 3.8) is 0 Å². The van der Waals surface area contributed by atoms with E-state index >= 15 is 0 Å². The summed E-state index contributed by atoms with van der Waals surface area (Å²) in [6.07, 6.45) is 5.03. The Balaban J connectivity index is 1.78. The van der Waals surface area contributed by atoms with Crippen LogP contribution in [0.25, 0.3) is 0 Å². The van der Waals surface area contributed by atoms with Crippen LogP contribution in [-0.2, 0) is 10.0 Å². The fourth-order valence-corrected chi connectivity index (χ4v) is 2.92. The summed E-state index contributed by atoms with van der Waals surface area (Å²) in [6.45, 7) is 3.67. The molecule has 17 heavy (non-hydrogen) atoms. The molecule has 3 N–H and O–H groups in total. The van der Waals surface area contributed by atoms with Gasteiger partial charge in [-0.2, -0.15) is 0 Å². The highest BCUT2D eigenvalue weighted by molar-refractivity contribution is 7.89. The zero-order valence-electron chi connectivity index (χ0n) is 10.3. The summed E-state index contributed by atoms with van der Waals surface area (Å²) in [5.74, 6) is 0.865. The van der Waals surface area contributed by atoms with E-state index in [1.54, 1.807) is 0 Å². The minimum atomic E-state index is -3.33. The van der Waals surface area contributed by atoms with E-state index in [-0.39, 0.29) is 5.75 Å². The zero-order valence-corrected chi connectivity index (χ0v) is 11.1. The number of nitrogens with zero attached hydrogens (tertiary/aromatic N) is 1. The molecule has 0 aromatic rings. The van der Waals surface area contributed by atoms with E-state index < -0.39 is 10.0 Å². The maximum absolute atomic E-state index is 11.0. The molecule has 1 saturated heterocycles. The number of hydrogen-bond acceptors (Lipinski definition) is 4. The molecule has 2 rings (SSSR count). The van der Waals surface area contributed by atoms with Crippen molar-refractivity contribution in [1.29, 1.82) is 0 Å². The van der Waals surface area contributed by atoms with Gasteiger partial charge in [-0.3, -0.25) is 0 Å². The molecule has 0 radical (unpaired) electrons. The van der Waals surface area contributed by atoms with Crippen LogP contribution < -0.4 is 10.5 Å². The van der Waals surface area contributed by atoms with Gasteiger partial charge in [-0.05, 0) is 38.1 Å². The predicted octanol–water partition coefficient (Wildman–Crippen LogP) is -0.261. The summed E-state index contributed by atoms with van der Waals surface area (Å²) in [5.41, 5.74) is 0. The minimum absolute atomic E-state index is 0.0758. The lowest BCUT2D eigenvalue weighted by atomic mass is 10.2. The molecule has 0 aromatic carbocycles. The van der Waals surface area contributed by atoms with Gasteiger partial charge >= 0.3 is 0 Å². The van der Waals surface area contributed by atoms with Gasteiger partial charge in [0.05, 0.1) is 5.75 Å². The van der Waals surface area contributed by atoms with Crippen LogP contribution in [0.4, 0.5) is 0 Å². The molecule has 1 aliphatic carbocycles. The largest absolute Gasteiger partial charge is 0.313 e. The first-order valence-electron chi connectivity index (χ1n) is 6.49. The molecule has 1 heterocycles. The summed E-state index contributed by atoms with van der Waals surface area (Å²) < 4.78 is 22.0. The Bertz CT molecular complexity index is 335. The Labute approximate surface area is 104 Å². The van der Waals surface area contributed by atoms with Crippen molar-refractivity contribution in [3.05, 3.63) is 0 Å². The van der Waals surface area contributed by atoms with E-state index in [1.165, 1.54) is 25.7 Å². The van der Waals surface area contributed by atoms with Gasteiger partial charge in [0.1, 0.15) is 0 Å². The number of hydrogen-bond donors (Lipinski definition) is 2. The van der Waals surface area contributed by atoms with Gasteiger partial charge in [-0.15, -0.1) is 0 Å². The third kappa shape index (κ3) is 5.33. The molecular weight excluding hydrogens is 238 g/mol. The van der Waals surface area contributed by atoms with E-state index in [0.717, 1.165) is 25.6 Å². The highest BCUT2D eigenvalue weighted by Gasteiger charge is 2.26. The molecule has 2 fully saturated rings.